The normalized spacial score (nSPS) is 11.7. The maximum Gasteiger partial charge on any atom is 0.328 e. The minimum atomic E-state index is -0.959. The zero-order valence-electron chi connectivity index (χ0n) is 11.6. The van der Waals surface area contributed by atoms with Crippen molar-refractivity contribution in [3.8, 4) is 5.75 Å². The van der Waals surface area contributed by atoms with Gasteiger partial charge in [0.25, 0.3) is 0 Å². The van der Waals surface area contributed by atoms with E-state index in [0.717, 1.165) is 17.4 Å². The number of ether oxygens (including phenoxy) is 2. The Morgan fingerprint density at radius 1 is 1.21 bits per heavy atom. The van der Waals surface area contributed by atoms with E-state index in [1.165, 1.54) is 6.08 Å². The van der Waals surface area contributed by atoms with Gasteiger partial charge >= 0.3 is 5.97 Å². The maximum atomic E-state index is 10.4. The minimum absolute atomic E-state index is 0.158. The van der Waals surface area contributed by atoms with E-state index < -0.39 is 5.97 Å². The van der Waals surface area contributed by atoms with Gasteiger partial charge in [-0.2, -0.15) is 0 Å². The van der Waals surface area contributed by atoms with Crippen molar-refractivity contribution in [3.05, 3.63) is 35.9 Å². The molecule has 4 nitrogen and oxygen atoms in total. The van der Waals surface area contributed by atoms with Crippen LogP contribution >= 0.6 is 0 Å². The molecular weight excluding hydrogens is 244 g/mol. The van der Waals surface area contributed by atoms with Gasteiger partial charge in [0.1, 0.15) is 12.4 Å². The molecule has 1 aromatic rings. The van der Waals surface area contributed by atoms with E-state index in [4.69, 9.17) is 14.6 Å². The fraction of sp³-hybridized carbons (Fsp3) is 0.400. The molecule has 0 spiro atoms. The third-order valence-electron chi connectivity index (χ3n) is 2.19. The second kappa shape index (κ2) is 6.95. The Bertz CT molecular complexity index is 426. The SMILES string of the molecule is CC(C)(C)OCCOc1ccc(/C=C/C(=O)O)cc1. The predicted octanol–water partition coefficient (Wildman–Crippen LogP) is 2.98. The summed E-state index contributed by atoms with van der Waals surface area (Å²) in [5.41, 5.74) is 0.662. The van der Waals surface area contributed by atoms with Crippen molar-refractivity contribution in [2.45, 2.75) is 26.4 Å². The van der Waals surface area contributed by atoms with Crippen molar-refractivity contribution in [2.75, 3.05) is 13.2 Å². The summed E-state index contributed by atoms with van der Waals surface area (Å²) in [7, 11) is 0. The van der Waals surface area contributed by atoms with Crippen molar-refractivity contribution in [3.63, 3.8) is 0 Å². The summed E-state index contributed by atoms with van der Waals surface area (Å²) < 4.78 is 11.1. The molecule has 0 amide bonds. The molecular formula is C15H20O4. The third-order valence-corrected chi connectivity index (χ3v) is 2.19. The lowest BCUT2D eigenvalue weighted by Crippen LogP contribution is -2.22. The largest absolute Gasteiger partial charge is 0.491 e. The Morgan fingerprint density at radius 2 is 1.84 bits per heavy atom. The molecule has 1 aromatic carbocycles. The van der Waals surface area contributed by atoms with Crippen LogP contribution in [0, 0.1) is 0 Å². The highest BCUT2D eigenvalue weighted by atomic mass is 16.5. The molecule has 104 valence electrons. The van der Waals surface area contributed by atoms with Crippen molar-refractivity contribution in [1.29, 1.82) is 0 Å². The van der Waals surface area contributed by atoms with Gasteiger partial charge in [-0.3, -0.25) is 0 Å². The number of benzene rings is 1. The number of hydrogen-bond donors (Lipinski definition) is 1. The average molecular weight is 264 g/mol. The van der Waals surface area contributed by atoms with Crippen LogP contribution in [0.2, 0.25) is 0 Å². The Labute approximate surface area is 113 Å². The Kier molecular flexibility index (Phi) is 5.57. The second-order valence-electron chi connectivity index (χ2n) is 5.05. The molecule has 19 heavy (non-hydrogen) atoms. The van der Waals surface area contributed by atoms with E-state index in [9.17, 15) is 4.79 Å². The first kappa shape index (κ1) is 15.2. The highest BCUT2D eigenvalue weighted by Gasteiger charge is 2.09. The van der Waals surface area contributed by atoms with Crippen LogP contribution in [-0.4, -0.2) is 29.9 Å². The molecule has 0 aliphatic carbocycles. The monoisotopic (exact) mass is 264 g/mol. The van der Waals surface area contributed by atoms with Crippen LogP contribution in [0.3, 0.4) is 0 Å². The van der Waals surface area contributed by atoms with Gasteiger partial charge in [-0.15, -0.1) is 0 Å². The van der Waals surface area contributed by atoms with Gasteiger partial charge in [0.05, 0.1) is 12.2 Å². The van der Waals surface area contributed by atoms with Crippen LogP contribution in [0.1, 0.15) is 26.3 Å². The zero-order valence-corrected chi connectivity index (χ0v) is 11.6. The summed E-state index contributed by atoms with van der Waals surface area (Å²) in [5, 5.41) is 8.51. The van der Waals surface area contributed by atoms with E-state index in [-0.39, 0.29) is 5.60 Å². The zero-order chi connectivity index (χ0) is 14.3. The minimum Gasteiger partial charge on any atom is -0.491 e. The lowest BCUT2D eigenvalue weighted by Gasteiger charge is -2.19. The van der Waals surface area contributed by atoms with Crippen LogP contribution < -0.4 is 4.74 Å². The van der Waals surface area contributed by atoms with Crippen molar-refractivity contribution < 1.29 is 19.4 Å². The molecule has 1 rings (SSSR count). The number of rotatable bonds is 6. The van der Waals surface area contributed by atoms with E-state index >= 15 is 0 Å². The molecule has 0 radical (unpaired) electrons. The smallest absolute Gasteiger partial charge is 0.328 e. The van der Waals surface area contributed by atoms with Gasteiger partial charge in [-0.25, -0.2) is 4.79 Å². The van der Waals surface area contributed by atoms with Crippen LogP contribution in [0.15, 0.2) is 30.3 Å². The van der Waals surface area contributed by atoms with Crippen LogP contribution in [0.25, 0.3) is 6.08 Å². The van der Waals surface area contributed by atoms with Gasteiger partial charge in [0.2, 0.25) is 0 Å². The second-order valence-corrected chi connectivity index (χ2v) is 5.05. The predicted molar refractivity (Wildman–Crippen MR) is 74.3 cm³/mol. The van der Waals surface area contributed by atoms with E-state index in [1.54, 1.807) is 24.3 Å². The van der Waals surface area contributed by atoms with Crippen molar-refractivity contribution in [1.82, 2.24) is 0 Å². The molecule has 0 saturated carbocycles. The molecule has 1 N–H and O–H groups in total. The van der Waals surface area contributed by atoms with Gasteiger partial charge in [-0.05, 0) is 44.5 Å². The average Bonchev–Trinajstić information content (AvgIpc) is 2.32. The van der Waals surface area contributed by atoms with Crippen LogP contribution in [0.4, 0.5) is 0 Å². The third kappa shape index (κ3) is 7.26. The standard InChI is InChI=1S/C15H20O4/c1-15(2,3)19-11-10-18-13-7-4-12(5-8-13)6-9-14(16)17/h4-9H,10-11H2,1-3H3,(H,16,17)/b9-6+. The van der Waals surface area contributed by atoms with Crippen LogP contribution in [0.5, 0.6) is 5.75 Å². The summed E-state index contributed by atoms with van der Waals surface area (Å²) in [6, 6.07) is 7.22. The summed E-state index contributed by atoms with van der Waals surface area (Å²) in [4.78, 5) is 10.4. The molecule has 0 fully saturated rings. The number of aliphatic carboxylic acids is 1. The van der Waals surface area contributed by atoms with E-state index in [0.29, 0.717) is 13.2 Å². The first-order chi connectivity index (χ1) is 8.87. The molecule has 0 atom stereocenters. The van der Waals surface area contributed by atoms with Crippen molar-refractivity contribution in [2.24, 2.45) is 0 Å². The molecule has 0 bridgehead atoms. The number of carbonyl (C=O) groups is 1. The number of carboxylic acids is 1. The first-order valence-corrected chi connectivity index (χ1v) is 6.15. The summed E-state index contributed by atoms with van der Waals surface area (Å²) in [6.45, 7) is 7.01. The number of carboxylic acid groups (broad SMARTS) is 1. The lowest BCUT2D eigenvalue weighted by molar-refractivity contribution is -0.131. The molecule has 0 unspecified atom stereocenters. The highest BCUT2D eigenvalue weighted by Crippen LogP contribution is 2.13. The lowest BCUT2D eigenvalue weighted by atomic mass is 10.2. The topological polar surface area (TPSA) is 55.8 Å². The molecule has 0 saturated heterocycles. The molecule has 0 heterocycles. The number of hydrogen-bond acceptors (Lipinski definition) is 3. The fourth-order valence-corrected chi connectivity index (χ4v) is 1.35. The molecule has 0 aliphatic rings. The van der Waals surface area contributed by atoms with Crippen LogP contribution in [-0.2, 0) is 9.53 Å². The Hall–Kier alpha value is -1.81. The molecule has 0 aliphatic heterocycles. The maximum absolute atomic E-state index is 10.4. The summed E-state index contributed by atoms with van der Waals surface area (Å²) >= 11 is 0. The van der Waals surface area contributed by atoms with Gasteiger partial charge in [0.15, 0.2) is 0 Å². The van der Waals surface area contributed by atoms with Gasteiger partial charge < -0.3 is 14.6 Å². The van der Waals surface area contributed by atoms with E-state index in [2.05, 4.69) is 0 Å². The van der Waals surface area contributed by atoms with Gasteiger partial charge in [-0.1, -0.05) is 12.1 Å². The Balaban J connectivity index is 2.38. The molecule has 0 aromatic heterocycles. The Morgan fingerprint density at radius 3 is 2.37 bits per heavy atom. The molecule has 4 heteroatoms. The summed E-state index contributed by atoms with van der Waals surface area (Å²) in [6.07, 6.45) is 2.64. The quantitative estimate of drug-likeness (QED) is 0.634. The van der Waals surface area contributed by atoms with E-state index in [1.807, 2.05) is 20.8 Å². The first-order valence-electron chi connectivity index (χ1n) is 6.15. The summed E-state index contributed by atoms with van der Waals surface area (Å²) in [5.74, 6) is -0.218. The highest BCUT2D eigenvalue weighted by molar-refractivity contribution is 5.85. The van der Waals surface area contributed by atoms with Gasteiger partial charge in [0, 0.05) is 6.08 Å². The fourth-order valence-electron chi connectivity index (χ4n) is 1.35. The van der Waals surface area contributed by atoms with Crippen molar-refractivity contribution >= 4 is 12.0 Å².